The van der Waals surface area contributed by atoms with E-state index in [4.69, 9.17) is 0 Å². The van der Waals surface area contributed by atoms with Crippen LogP contribution in [0.2, 0.25) is 0 Å². The summed E-state index contributed by atoms with van der Waals surface area (Å²) < 4.78 is 26.5. The van der Waals surface area contributed by atoms with Crippen molar-refractivity contribution in [3.05, 3.63) is 54.2 Å². The van der Waals surface area contributed by atoms with E-state index in [1.54, 1.807) is 18.3 Å². The van der Waals surface area contributed by atoms with Gasteiger partial charge in [-0.05, 0) is 55.2 Å². The number of benzene rings is 1. The second kappa shape index (κ2) is 10.0. The Balaban J connectivity index is 1.51. The van der Waals surface area contributed by atoms with Crippen LogP contribution in [-0.4, -0.2) is 56.3 Å². The number of nitrogens with one attached hydrogen (secondary N) is 1. The van der Waals surface area contributed by atoms with Gasteiger partial charge < -0.3 is 10.2 Å². The molecule has 0 unspecified atom stereocenters. The van der Waals surface area contributed by atoms with Crippen molar-refractivity contribution < 1.29 is 13.2 Å². The van der Waals surface area contributed by atoms with E-state index in [0.717, 1.165) is 31.7 Å². The third-order valence-corrected chi connectivity index (χ3v) is 7.66. The summed E-state index contributed by atoms with van der Waals surface area (Å²) in [7, 11) is -3.51. The predicted molar refractivity (Wildman–Crippen MR) is 118 cm³/mol. The maximum absolute atomic E-state index is 12.6. The van der Waals surface area contributed by atoms with Crippen LogP contribution in [0.25, 0.3) is 0 Å². The molecule has 0 spiro atoms. The van der Waals surface area contributed by atoms with E-state index >= 15 is 0 Å². The Morgan fingerprint density at radius 3 is 2.33 bits per heavy atom. The molecule has 0 atom stereocenters. The van der Waals surface area contributed by atoms with E-state index in [9.17, 15) is 13.2 Å². The van der Waals surface area contributed by atoms with E-state index in [1.807, 2.05) is 32.0 Å². The van der Waals surface area contributed by atoms with Crippen LogP contribution in [0.4, 0.5) is 5.82 Å². The van der Waals surface area contributed by atoms with Gasteiger partial charge in [0.05, 0.1) is 4.90 Å². The highest BCUT2D eigenvalue weighted by Gasteiger charge is 2.23. The van der Waals surface area contributed by atoms with Gasteiger partial charge in [-0.3, -0.25) is 4.79 Å². The van der Waals surface area contributed by atoms with Crippen LogP contribution in [0, 0.1) is 5.92 Å². The van der Waals surface area contributed by atoms with Gasteiger partial charge in [-0.1, -0.05) is 19.9 Å². The number of amides is 1. The molecular weight excluding hydrogens is 400 g/mol. The zero-order valence-corrected chi connectivity index (χ0v) is 18.4. The molecular formula is C22H30N4O3S. The van der Waals surface area contributed by atoms with Gasteiger partial charge in [-0.25, -0.2) is 13.4 Å². The maximum Gasteiger partial charge on any atom is 0.251 e. The van der Waals surface area contributed by atoms with Crippen LogP contribution in [0.1, 0.15) is 37.0 Å². The van der Waals surface area contributed by atoms with Crippen LogP contribution < -0.4 is 10.2 Å². The first-order chi connectivity index (χ1) is 14.5. The third-order valence-electron chi connectivity index (χ3n) is 5.60. The highest BCUT2D eigenvalue weighted by atomic mass is 32.2. The number of carbonyl (C=O) groups is 1. The van der Waals surface area contributed by atoms with Crippen molar-refractivity contribution in [2.75, 3.05) is 37.6 Å². The number of piperidine rings is 1. The number of hydrogen-bond acceptors (Lipinski definition) is 5. The molecule has 1 amide bonds. The van der Waals surface area contributed by atoms with Crippen LogP contribution >= 0.6 is 0 Å². The van der Waals surface area contributed by atoms with Gasteiger partial charge in [-0.15, -0.1) is 0 Å². The Hall–Kier alpha value is -2.45. The molecule has 3 rings (SSSR count). The predicted octanol–water partition coefficient (Wildman–Crippen LogP) is 2.76. The van der Waals surface area contributed by atoms with Crippen molar-refractivity contribution in [2.24, 2.45) is 5.92 Å². The molecule has 0 radical (unpaired) electrons. The first-order valence-corrected chi connectivity index (χ1v) is 11.9. The second-order valence-electron chi connectivity index (χ2n) is 7.44. The molecule has 0 bridgehead atoms. The van der Waals surface area contributed by atoms with Gasteiger partial charge in [0.25, 0.3) is 5.91 Å². The Morgan fingerprint density at radius 1 is 1.10 bits per heavy atom. The van der Waals surface area contributed by atoms with Crippen molar-refractivity contribution >= 4 is 21.7 Å². The van der Waals surface area contributed by atoms with Gasteiger partial charge in [0, 0.05) is 44.5 Å². The zero-order valence-electron chi connectivity index (χ0n) is 17.6. The monoisotopic (exact) mass is 430 g/mol. The van der Waals surface area contributed by atoms with Crippen LogP contribution in [0.5, 0.6) is 0 Å². The molecule has 7 nitrogen and oxygen atoms in total. The van der Waals surface area contributed by atoms with E-state index in [2.05, 4.69) is 15.2 Å². The lowest BCUT2D eigenvalue weighted by atomic mass is 9.96. The molecule has 1 fully saturated rings. The molecule has 1 saturated heterocycles. The van der Waals surface area contributed by atoms with Crippen molar-refractivity contribution in [3.63, 3.8) is 0 Å². The SMILES string of the molecule is CCN(CC)S(=O)(=O)c1ccc(C(=O)NCC2CCN(c3ccccn3)CC2)cc1. The maximum atomic E-state index is 12.6. The number of aromatic nitrogens is 1. The lowest BCUT2D eigenvalue weighted by Gasteiger charge is -2.32. The van der Waals surface area contributed by atoms with Gasteiger partial charge in [0.1, 0.15) is 5.82 Å². The minimum atomic E-state index is -3.51. The quantitative estimate of drug-likeness (QED) is 0.696. The van der Waals surface area contributed by atoms with Crippen LogP contribution in [0.15, 0.2) is 53.6 Å². The molecule has 8 heteroatoms. The zero-order chi connectivity index (χ0) is 21.6. The summed E-state index contributed by atoms with van der Waals surface area (Å²) >= 11 is 0. The fourth-order valence-electron chi connectivity index (χ4n) is 3.74. The molecule has 1 aliphatic heterocycles. The molecule has 0 saturated carbocycles. The van der Waals surface area contributed by atoms with Gasteiger partial charge in [0.2, 0.25) is 10.0 Å². The molecule has 0 aliphatic carbocycles. The molecule has 2 aromatic rings. The Kier molecular flexibility index (Phi) is 7.44. The minimum Gasteiger partial charge on any atom is -0.357 e. The molecule has 1 N–H and O–H groups in total. The molecule has 30 heavy (non-hydrogen) atoms. The summed E-state index contributed by atoms with van der Waals surface area (Å²) in [6.45, 7) is 6.92. The number of anilines is 1. The number of sulfonamides is 1. The molecule has 162 valence electrons. The van der Waals surface area contributed by atoms with E-state index < -0.39 is 10.0 Å². The van der Waals surface area contributed by atoms with E-state index in [1.165, 1.54) is 16.4 Å². The lowest BCUT2D eigenvalue weighted by molar-refractivity contribution is 0.0944. The summed E-state index contributed by atoms with van der Waals surface area (Å²) in [5.41, 5.74) is 0.472. The standard InChI is InChI=1S/C22H30N4O3S/c1-3-26(4-2)30(28,29)20-10-8-19(9-11-20)22(27)24-17-18-12-15-25(16-13-18)21-7-5-6-14-23-21/h5-11,14,18H,3-4,12-13,15-17H2,1-2H3,(H,24,27). The van der Waals surface area contributed by atoms with Gasteiger partial charge >= 0.3 is 0 Å². The highest BCUT2D eigenvalue weighted by molar-refractivity contribution is 7.89. The smallest absolute Gasteiger partial charge is 0.251 e. The number of hydrogen-bond donors (Lipinski definition) is 1. The molecule has 1 aromatic heterocycles. The van der Waals surface area contributed by atoms with Gasteiger partial charge in [-0.2, -0.15) is 4.31 Å². The Labute approximate surface area is 179 Å². The molecule has 1 aliphatic rings. The lowest BCUT2D eigenvalue weighted by Crippen LogP contribution is -2.39. The number of carbonyl (C=O) groups excluding carboxylic acids is 1. The highest BCUT2D eigenvalue weighted by Crippen LogP contribution is 2.21. The normalized spacial score (nSPS) is 15.4. The Morgan fingerprint density at radius 2 is 1.77 bits per heavy atom. The average molecular weight is 431 g/mol. The minimum absolute atomic E-state index is 0.172. The van der Waals surface area contributed by atoms with Crippen LogP contribution in [-0.2, 0) is 10.0 Å². The number of rotatable bonds is 8. The first-order valence-electron chi connectivity index (χ1n) is 10.5. The second-order valence-corrected chi connectivity index (χ2v) is 9.38. The molecule has 2 heterocycles. The summed E-state index contributed by atoms with van der Waals surface area (Å²) in [4.78, 5) is 19.4. The van der Waals surface area contributed by atoms with Crippen molar-refractivity contribution in [1.29, 1.82) is 0 Å². The van der Waals surface area contributed by atoms with Crippen molar-refractivity contribution in [3.8, 4) is 0 Å². The summed E-state index contributed by atoms with van der Waals surface area (Å²) in [6.07, 6.45) is 3.80. The van der Waals surface area contributed by atoms with Gasteiger partial charge in [0.15, 0.2) is 0 Å². The summed E-state index contributed by atoms with van der Waals surface area (Å²) in [5.74, 6) is 1.25. The summed E-state index contributed by atoms with van der Waals surface area (Å²) in [6, 6.07) is 12.1. The average Bonchev–Trinajstić information content (AvgIpc) is 2.79. The number of nitrogens with zero attached hydrogens (tertiary/aromatic N) is 3. The van der Waals surface area contributed by atoms with Crippen LogP contribution in [0.3, 0.4) is 0 Å². The summed E-state index contributed by atoms with van der Waals surface area (Å²) in [5, 5.41) is 2.99. The largest absolute Gasteiger partial charge is 0.357 e. The number of pyridine rings is 1. The topological polar surface area (TPSA) is 82.6 Å². The Bertz CT molecular complexity index is 921. The van der Waals surface area contributed by atoms with Crippen molar-refractivity contribution in [1.82, 2.24) is 14.6 Å². The van der Waals surface area contributed by atoms with E-state index in [0.29, 0.717) is 31.1 Å². The van der Waals surface area contributed by atoms with E-state index in [-0.39, 0.29) is 10.8 Å². The van der Waals surface area contributed by atoms with Crippen molar-refractivity contribution in [2.45, 2.75) is 31.6 Å². The third kappa shape index (κ3) is 5.17. The fourth-order valence-corrected chi connectivity index (χ4v) is 5.19. The fraction of sp³-hybridized carbons (Fsp3) is 0.455. The molecule has 1 aromatic carbocycles. The first kappa shape index (κ1) is 22.2.